The highest BCUT2D eigenvalue weighted by molar-refractivity contribution is 7.23. The SMILES string of the molecule is Cc1cc(F)c(-c2ccc(-c3ccc(C)s3)s2)c(F)c1. The first kappa shape index (κ1) is 13.5. The maximum Gasteiger partial charge on any atom is 0.135 e. The molecule has 0 spiro atoms. The summed E-state index contributed by atoms with van der Waals surface area (Å²) in [4.78, 5) is 4.02. The van der Waals surface area contributed by atoms with Gasteiger partial charge in [0, 0.05) is 19.5 Å². The average Bonchev–Trinajstić information content (AvgIpc) is 2.96. The van der Waals surface area contributed by atoms with E-state index in [9.17, 15) is 8.78 Å². The molecule has 0 amide bonds. The van der Waals surface area contributed by atoms with Crippen molar-refractivity contribution in [1.82, 2.24) is 0 Å². The molecule has 0 aliphatic heterocycles. The van der Waals surface area contributed by atoms with Gasteiger partial charge in [0.15, 0.2) is 0 Å². The molecular formula is C16H12F2S2. The monoisotopic (exact) mass is 306 g/mol. The maximum absolute atomic E-state index is 14.0. The summed E-state index contributed by atoms with van der Waals surface area (Å²) in [6.07, 6.45) is 0. The van der Waals surface area contributed by atoms with Gasteiger partial charge in [-0.3, -0.25) is 0 Å². The van der Waals surface area contributed by atoms with E-state index >= 15 is 0 Å². The number of thiophene rings is 2. The number of rotatable bonds is 2. The molecule has 102 valence electrons. The molecule has 0 unspecified atom stereocenters. The van der Waals surface area contributed by atoms with Crippen molar-refractivity contribution < 1.29 is 8.78 Å². The molecule has 0 nitrogen and oxygen atoms in total. The Morgan fingerprint density at radius 2 is 1.30 bits per heavy atom. The van der Waals surface area contributed by atoms with Crippen molar-refractivity contribution in [2.24, 2.45) is 0 Å². The van der Waals surface area contributed by atoms with Crippen LogP contribution in [-0.2, 0) is 0 Å². The lowest BCUT2D eigenvalue weighted by molar-refractivity contribution is 0.588. The minimum atomic E-state index is -0.502. The van der Waals surface area contributed by atoms with Crippen LogP contribution in [0.4, 0.5) is 8.78 Å². The van der Waals surface area contributed by atoms with Gasteiger partial charge in [0.2, 0.25) is 0 Å². The third-order valence-electron chi connectivity index (χ3n) is 3.02. The zero-order valence-electron chi connectivity index (χ0n) is 11.0. The Balaban J connectivity index is 2.07. The Hall–Kier alpha value is -1.52. The fourth-order valence-electron chi connectivity index (χ4n) is 2.11. The minimum Gasteiger partial charge on any atom is -0.206 e. The maximum atomic E-state index is 14.0. The Labute approximate surface area is 124 Å². The first-order valence-corrected chi connectivity index (χ1v) is 7.80. The fraction of sp³-hybridized carbons (Fsp3) is 0.125. The van der Waals surface area contributed by atoms with E-state index in [1.807, 2.05) is 25.1 Å². The van der Waals surface area contributed by atoms with Gasteiger partial charge in [0.1, 0.15) is 11.6 Å². The molecule has 0 aliphatic carbocycles. The molecule has 3 rings (SSSR count). The van der Waals surface area contributed by atoms with Crippen LogP contribution in [0, 0.1) is 25.5 Å². The molecule has 2 heterocycles. The van der Waals surface area contributed by atoms with E-state index in [0.29, 0.717) is 10.4 Å². The second-order valence-corrected chi connectivity index (χ2v) is 7.05. The van der Waals surface area contributed by atoms with Crippen molar-refractivity contribution >= 4 is 22.7 Å². The largest absolute Gasteiger partial charge is 0.206 e. The summed E-state index contributed by atoms with van der Waals surface area (Å²) in [7, 11) is 0. The van der Waals surface area contributed by atoms with Crippen LogP contribution >= 0.6 is 22.7 Å². The Bertz CT molecular complexity index is 745. The van der Waals surface area contributed by atoms with Gasteiger partial charge < -0.3 is 0 Å². The summed E-state index contributed by atoms with van der Waals surface area (Å²) in [5.74, 6) is -1.00. The number of hydrogen-bond donors (Lipinski definition) is 0. The van der Waals surface area contributed by atoms with E-state index in [2.05, 4.69) is 0 Å². The third-order valence-corrected chi connectivity index (χ3v) is 5.32. The number of benzene rings is 1. The lowest BCUT2D eigenvalue weighted by Crippen LogP contribution is -1.89. The van der Waals surface area contributed by atoms with Crippen LogP contribution in [0.25, 0.3) is 20.2 Å². The summed E-state index contributed by atoms with van der Waals surface area (Å²) in [5, 5.41) is 0. The second-order valence-electron chi connectivity index (χ2n) is 4.68. The Kier molecular flexibility index (Phi) is 3.44. The third kappa shape index (κ3) is 2.41. The van der Waals surface area contributed by atoms with Crippen molar-refractivity contribution in [3.05, 3.63) is 58.5 Å². The molecule has 4 heteroatoms. The lowest BCUT2D eigenvalue weighted by Gasteiger charge is -2.03. The van der Waals surface area contributed by atoms with E-state index in [1.54, 1.807) is 24.3 Å². The molecule has 20 heavy (non-hydrogen) atoms. The summed E-state index contributed by atoms with van der Waals surface area (Å²) >= 11 is 3.10. The Morgan fingerprint density at radius 3 is 1.90 bits per heavy atom. The van der Waals surface area contributed by atoms with Crippen LogP contribution in [-0.4, -0.2) is 0 Å². The highest BCUT2D eigenvalue weighted by Gasteiger charge is 2.15. The molecule has 1 aromatic carbocycles. The van der Waals surface area contributed by atoms with Gasteiger partial charge in [0.25, 0.3) is 0 Å². The summed E-state index contributed by atoms with van der Waals surface area (Å²) in [6, 6.07) is 10.5. The highest BCUT2D eigenvalue weighted by atomic mass is 32.1. The quantitative estimate of drug-likeness (QED) is 0.541. The van der Waals surface area contributed by atoms with Crippen LogP contribution in [0.2, 0.25) is 0 Å². The molecule has 0 N–H and O–H groups in total. The molecule has 0 aliphatic rings. The molecule has 0 bridgehead atoms. The summed E-state index contributed by atoms with van der Waals surface area (Å²) < 4.78 is 28.0. The molecule has 0 saturated carbocycles. The van der Waals surface area contributed by atoms with Gasteiger partial charge in [0.05, 0.1) is 5.56 Å². The van der Waals surface area contributed by atoms with Gasteiger partial charge in [-0.15, -0.1) is 22.7 Å². The fourth-order valence-corrected chi connectivity index (χ4v) is 4.12. The topological polar surface area (TPSA) is 0 Å². The molecule has 0 saturated heterocycles. The van der Waals surface area contributed by atoms with Crippen molar-refractivity contribution in [1.29, 1.82) is 0 Å². The first-order valence-electron chi connectivity index (χ1n) is 6.17. The zero-order chi connectivity index (χ0) is 14.3. The molecule has 0 radical (unpaired) electrons. The standard InChI is InChI=1S/C16H12F2S2/c1-9-7-11(17)16(12(18)8-9)15-6-5-14(20-15)13-4-3-10(2)19-13/h3-8H,1-2H3. The van der Waals surface area contributed by atoms with E-state index in [1.165, 1.54) is 28.3 Å². The minimum absolute atomic E-state index is 0.0696. The van der Waals surface area contributed by atoms with Crippen molar-refractivity contribution in [3.8, 4) is 20.2 Å². The van der Waals surface area contributed by atoms with Gasteiger partial charge in [-0.25, -0.2) is 8.78 Å². The van der Waals surface area contributed by atoms with E-state index in [0.717, 1.165) is 9.75 Å². The second kappa shape index (κ2) is 5.11. The first-order chi connectivity index (χ1) is 9.54. The van der Waals surface area contributed by atoms with Crippen molar-refractivity contribution in [2.45, 2.75) is 13.8 Å². The smallest absolute Gasteiger partial charge is 0.135 e. The van der Waals surface area contributed by atoms with Gasteiger partial charge in [-0.05, 0) is 55.8 Å². The molecule has 0 atom stereocenters. The normalized spacial score (nSPS) is 11.0. The van der Waals surface area contributed by atoms with E-state index < -0.39 is 11.6 Å². The van der Waals surface area contributed by atoms with Crippen LogP contribution in [0.1, 0.15) is 10.4 Å². The predicted octanol–water partition coefficient (Wildman–Crippen LogP) is 6.04. The lowest BCUT2D eigenvalue weighted by atomic mass is 10.1. The number of aryl methyl sites for hydroxylation is 2. The molecule has 3 aromatic rings. The van der Waals surface area contributed by atoms with Crippen LogP contribution in [0.3, 0.4) is 0 Å². The van der Waals surface area contributed by atoms with Gasteiger partial charge in [-0.1, -0.05) is 0 Å². The summed E-state index contributed by atoms with van der Waals surface area (Å²) in [6.45, 7) is 3.73. The van der Waals surface area contributed by atoms with Crippen molar-refractivity contribution in [2.75, 3.05) is 0 Å². The van der Waals surface area contributed by atoms with E-state index in [-0.39, 0.29) is 5.56 Å². The van der Waals surface area contributed by atoms with E-state index in [4.69, 9.17) is 0 Å². The highest BCUT2D eigenvalue weighted by Crippen LogP contribution is 2.39. The summed E-state index contributed by atoms with van der Waals surface area (Å²) in [5.41, 5.74) is 0.662. The zero-order valence-corrected chi connectivity index (χ0v) is 12.7. The predicted molar refractivity (Wildman–Crippen MR) is 82.5 cm³/mol. The van der Waals surface area contributed by atoms with Gasteiger partial charge in [-0.2, -0.15) is 0 Å². The number of hydrogen-bond acceptors (Lipinski definition) is 2. The number of halogens is 2. The van der Waals surface area contributed by atoms with Crippen LogP contribution in [0.15, 0.2) is 36.4 Å². The average molecular weight is 306 g/mol. The Morgan fingerprint density at radius 1 is 0.750 bits per heavy atom. The molecular weight excluding hydrogens is 294 g/mol. The molecule has 2 aromatic heterocycles. The van der Waals surface area contributed by atoms with Crippen LogP contribution < -0.4 is 0 Å². The van der Waals surface area contributed by atoms with Gasteiger partial charge >= 0.3 is 0 Å². The van der Waals surface area contributed by atoms with Crippen molar-refractivity contribution in [3.63, 3.8) is 0 Å². The van der Waals surface area contributed by atoms with Crippen LogP contribution in [0.5, 0.6) is 0 Å². The molecule has 0 fully saturated rings.